The van der Waals surface area contributed by atoms with Crippen LogP contribution in [-0.2, 0) is 14.2 Å². The average Bonchev–Trinajstić information content (AvgIpc) is 3.39. The Kier molecular flexibility index (Phi) is 5.49. The molecule has 0 amide bonds. The molecule has 3 aliphatic rings. The van der Waals surface area contributed by atoms with Gasteiger partial charge >= 0.3 is 0 Å². The predicted molar refractivity (Wildman–Crippen MR) is 111 cm³/mol. The van der Waals surface area contributed by atoms with Gasteiger partial charge in [-0.05, 0) is 56.7 Å². The van der Waals surface area contributed by atoms with Gasteiger partial charge in [0, 0.05) is 17.5 Å². The van der Waals surface area contributed by atoms with Crippen molar-refractivity contribution in [3.05, 3.63) is 0 Å². The third-order valence-corrected chi connectivity index (χ3v) is 11.6. The van der Waals surface area contributed by atoms with Gasteiger partial charge in [0.25, 0.3) is 0 Å². The van der Waals surface area contributed by atoms with Gasteiger partial charge in [0.15, 0.2) is 8.32 Å². The molecule has 1 aliphatic carbocycles. The van der Waals surface area contributed by atoms with Crippen molar-refractivity contribution < 1.29 is 19.0 Å². The van der Waals surface area contributed by atoms with Crippen LogP contribution in [0.5, 0.6) is 0 Å². The van der Waals surface area contributed by atoms with Crippen LogP contribution in [0.4, 0.5) is 0 Å². The first-order valence-electron chi connectivity index (χ1n) is 9.64. The monoisotopic (exact) mass is 482 g/mol. The maximum Gasteiger partial charge on any atom is 0.188 e. The Morgan fingerprint density at radius 2 is 2.00 bits per heavy atom. The van der Waals surface area contributed by atoms with E-state index in [1.165, 1.54) is 0 Å². The second-order valence-corrected chi connectivity index (χ2v) is 15.3. The third kappa shape index (κ3) is 3.60. The lowest BCUT2D eigenvalue weighted by Crippen LogP contribution is -2.54. The summed E-state index contributed by atoms with van der Waals surface area (Å²) in [4.78, 5) is 10.7. The molecule has 3 rings (SSSR count). The van der Waals surface area contributed by atoms with E-state index < -0.39 is 8.32 Å². The number of ether oxygens (including phenoxy) is 3. The van der Waals surface area contributed by atoms with E-state index >= 15 is 0 Å². The molecule has 0 bridgehead atoms. The first kappa shape index (κ1) is 20.5. The molecule has 1 saturated carbocycles. The smallest absolute Gasteiger partial charge is 0.188 e. The Morgan fingerprint density at radius 3 is 2.48 bits per heavy atom. The summed E-state index contributed by atoms with van der Waals surface area (Å²) < 4.78 is 19.5. The van der Waals surface area contributed by atoms with Crippen LogP contribution < -0.4 is 0 Å². The molecule has 4 nitrogen and oxygen atoms in total. The topological polar surface area (TPSA) is 54.5 Å². The fraction of sp³-hybridized carbons (Fsp3) is 1.00. The minimum atomic E-state index is -2.23. The molecule has 2 heterocycles. The molecule has 2 aliphatic heterocycles. The van der Waals surface area contributed by atoms with Crippen LogP contribution in [0.15, 0.2) is 0 Å². The number of hydrogen-bond acceptors (Lipinski definition) is 4. The van der Waals surface area contributed by atoms with Crippen LogP contribution in [0.2, 0.25) is 18.1 Å². The van der Waals surface area contributed by atoms with Gasteiger partial charge < -0.3 is 19.0 Å². The van der Waals surface area contributed by atoms with Crippen LogP contribution in [0.1, 0.15) is 46.5 Å². The molecule has 6 atom stereocenters. The first-order chi connectivity index (χ1) is 11.5. The molecule has 0 aromatic heterocycles. The molecular formula is C19H35IO4Si. The van der Waals surface area contributed by atoms with Crippen LogP contribution in [0.25, 0.3) is 0 Å². The summed E-state index contributed by atoms with van der Waals surface area (Å²) in [6.45, 7) is 11.7. The fourth-order valence-electron chi connectivity index (χ4n) is 5.03. The Morgan fingerprint density at radius 1 is 1.36 bits per heavy atom. The lowest BCUT2D eigenvalue weighted by Gasteiger charge is -2.47. The molecule has 1 N–H and O–H groups in total. The van der Waals surface area contributed by atoms with E-state index in [1.807, 2.05) is 7.11 Å². The van der Waals surface area contributed by atoms with Crippen LogP contribution in [-0.4, -0.2) is 54.7 Å². The molecule has 6 heteroatoms. The van der Waals surface area contributed by atoms with E-state index in [0.29, 0.717) is 17.9 Å². The summed E-state index contributed by atoms with van der Waals surface area (Å²) >= 11 is 2.43. The molecule has 1 unspecified atom stereocenters. The van der Waals surface area contributed by atoms with Crippen molar-refractivity contribution >= 4 is 30.9 Å². The van der Waals surface area contributed by atoms with Gasteiger partial charge in [0.2, 0.25) is 0 Å². The highest BCUT2D eigenvalue weighted by molar-refractivity contribution is 14.1. The minimum Gasteiger partial charge on any atom is -0.432 e. The minimum absolute atomic E-state index is 0.0255. The maximum atomic E-state index is 10.7. The van der Waals surface area contributed by atoms with E-state index in [4.69, 9.17) is 14.2 Å². The van der Waals surface area contributed by atoms with Crippen LogP contribution in [0.3, 0.4) is 0 Å². The summed E-state index contributed by atoms with van der Waals surface area (Å²) in [6.07, 6.45) is 4.82. The number of epoxide rings is 2. The van der Waals surface area contributed by atoms with Gasteiger partial charge in [-0.25, -0.2) is 0 Å². The standard InChI is InChI=1S/C19H35IO4Si/c1-17(2,25(5,6)21)11-13-7-9-19(12-23-19)16(15(13)22-4)18(3)14(24-18)8-10-20/h13-16,21H,7-12H2,1-6H3/t13-,14+,15+,16+,18?,19-/m0/s1. The van der Waals surface area contributed by atoms with Gasteiger partial charge in [-0.2, -0.15) is 0 Å². The summed E-state index contributed by atoms with van der Waals surface area (Å²) in [5.41, 5.74) is -0.139. The lowest BCUT2D eigenvalue weighted by atomic mass is 9.64. The van der Waals surface area contributed by atoms with Crippen LogP contribution >= 0.6 is 22.6 Å². The molecule has 0 radical (unpaired) electrons. The number of methoxy groups -OCH3 is 1. The lowest BCUT2D eigenvalue weighted by molar-refractivity contribution is -0.0865. The van der Waals surface area contributed by atoms with Gasteiger partial charge in [0.05, 0.1) is 24.4 Å². The molecule has 146 valence electrons. The summed E-state index contributed by atoms with van der Waals surface area (Å²) in [5, 5.41) is -0.0270. The molecule has 25 heavy (non-hydrogen) atoms. The van der Waals surface area contributed by atoms with Gasteiger partial charge in [-0.15, -0.1) is 0 Å². The van der Waals surface area contributed by atoms with E-state index in [9.17, 15) is 4.80 Å². The average molecular weight is 482 g/mol. The van der Waals surface area contributed by atoms with Gasteiger partial charge in [-0.3, -0.25) is 0 Å². The quantitative estimate of drug-likeness (QED) is 0.257. The first-order valence-corrected chi connectivity index (χ1v) is 14.1. The second kappa shape index (κ2) is 6.69. The Bertz CT molecular complexity index is 502. The number of alkyl halides is 1. The number of halogens is 1. The van der Waals surface area contributed by atoms with Gasteiger partial charge in [-0.1, -0.05) is 36.4 Å². The van der Waals surface area contributed by atoms with Crippen molar-refractivity contribution in [2.45, 2.75) is 88.0 Å². The zero-order valence-corrected chi connectivity index (χ0v) is 19.8. The van der Waals surface area contributed by atoms with Crippen molar-refractivity contribution in [1.29, 1.82) is 0 Å². The molecule has 0 aromatic rings. The number of rotatable bonds is 7. The number of hydrogen-bond donors (Lipinski definition) is 1. The molecule has 1 spiro atoms. The van der Waals surface area contributed by atoms with E-state index in [1.54, 1.807) is 0 Å². The normalized spacial score (nSPS) is 44.2. The summed E-state index contributed by atoms with van der Waals surface area (Å²) in [6, 6.07) is 0. The predicted octanol–water partition coefficient (Wildman–Crippen LogP) is 4.15. The second-order valence-electron chi connectivity index (χ2n) is 9.75. The third-order valence-electron chi connectivity index (χ3n) is 7.48. The maximum absolute atomic E-state index is 10.7. The highest BCUT2D eigenvalue weighted by Gasteiger charge is 2.71. The summed E-state index contributed by atoms with van der Waals surface area (Å²) in [5.74, 6) is 0.760. The molecule has 0 aromatic carbocycles. The largest absolute Gasteiger partial charge is 0.432 e. The van der Waals surface area contributed by atoms with Crippen molar-refractivity contribution in [2.75, 3.05) is 18.1 Å². The zero-order chi connectivity index (χ0) is 18.7. The van der Waals surface area contributed by atoms with Crippen molar-refractivity contribution in [3.63, 3.8) is 0 Å². The Labute approximate surface area is 167 Å². The molecule has 3 fully saturated rings. The van der Waals surface area contributed by atoms with Crippen LogP contribution in [0, 0.1) is 11.8 Å². The highest BCUT2D eigenvalue weighted by atomic mass is 127. The zero-order valence-electron chi connectivity index (χ0n) is 16.6. The molecular weight excluding hydrogens is 447 g/mol. The van der Waals surface area contributed by atoms with Crippen molar-refractivity contribution in [2.24, 2.45) is 11.8 Å². The van der Waals surface area contributed by atoms with E-state index in [-0.39, 0.29) is 22.3 Å². The summed E-state index contributed by atoms with van der Waals surface area (Å²) in [7, 11) is -0.382. The SMILES string of the molecule is CO[C@@H]1[C@H](CC(C)(C)[Si](C)(C)O)CC[C@]2(CO2)[C@H]1C1(C)O[C@@H]1CCI. The van der Waals surface area contributed by atoms with Crippen molar-refractivity contribution in [1.82, 2.24) is 0 Å². The van der Waals surface area contributed by atoms with Gasteiger partial charge in [0.1, 0.15) is 5.60 Å². The highest BCUT2D eigenvalue weighted by Crippen LogP contribution is 2.61. The van der Waals surface area contributed by atoms with Crippen molar-refractivity contribution in [3.8, 4) is 0 Å². The van der Waals surface area contributed by atoms with E-state index in [2.05, 4.69) is 56.5 Å². The van der Waals surface area contributed by atoms with E-state index in [0.717, 1.165) is 36.7 Å². The Balaban J connectivity index is 1.82. The Hall–Kier alpha value is 0.787. The fourth-order valence-corrected chi connectivity index (χ4v) is 6.36. The molecule has 2 saturated heterocycles.